The molecule has 2 atom stereocenters. The van der Waals surface area contributed by atoms with Gasteiger partial charge in [-0.1, -0.05) is 48.5 Å². The predicted octanol–water partition coefficient (Wildman–Crippen LogP) is 7.75. The van der Waals surface area contributed by atoms with Gasteiger partial charge >= 0.3 is 0 Å². The third kappa shape index (κ3) is 5.01. The third-order valence-electron chi connectivity index (χ3n) is 9.55. The summed E-state index contributed by atoms with van der Waals surface area (Å²) in [6.07, 6.45) is 3.56. The Hall–Kier alpha value is -3.97. The van der Waals surface area contributed by atoms with Gasteiger partial charge in [-0.15, -0.1) is 0 Å². The number of halogens is 3. The first-order chi connectivity index (χ1) is 21.4. The molecule has 4 aromatic rings. The summed E-state index contributed by atoms with van der Waals surface area (Å²) < 4.78 is 46.2. The number of likely N-dealkylation sites (tertiary alicyclic amines) is 1. The van der Waals surface area contributed by atoms with Crippen molar-refractivity contribution in [3.05, 3.63) is 124 Å². The molecule has 2 aliphatic heterocycles. The molecule has 2 fully saturated rings. The molecular formula is C37H38F3N3O. The van der Waals surface area contributed by atoms with E-state index in [4.69, 9.17) is 0 Å². The van der Waals surface area contributed by atoms with Crippen molar-refractivity contribution >= 4 is 11.4 Å². The minimum absolute atomic E-state index is 0.0306. The van der Waals surface area contributed by atoms with E-state index in [9.17, 15) is 9.50 Å². The summed E-state index contributed by atoms with van der Waals surface area (Å²) in [5.74, 6) is -0.704. The average Bonchev–Trinajstić information content (AvgIpc) is 3.84. The SMILES string of the molecule is C[C@@H]1Cc2ccccc2[C@@](c2cccc(O)c2)(c2c(F)cc(NC3CN(CCCF)C3)cc2F)N1c1ccc(C2CC2)cc1. The highest BCUT2D eigenvalue weighted by Crippen LogP contribution is 2.52. The first kappa shape index (κ1) is 28.8. The lowest BCUT2D eigenvalue weighted by Gasteiger charge is -2.53. The van der Waals surface area contributed by atoms with Crippen molar-refractivity contribution in [2.75, 3.05) is 36.5 Å². The molecular weight excluding hydrogens is 559 g/mol. The average molecular weight is 598 g/mol. The molecule has 0 unspecified atom stereocenters. The zero-order chi connectivity index (χ0) is 30.4. The zero-order valence-electron chi connectivity index (χ0n) is 24.9. The number of benzene rings is 4. The van der Waals surface area contributed by atoms with Gasteiger partial charge in [-0.2, -0.15) is 0 Å². The summed E-state index contributed by atoms with van der Waals surface area (Å²) >= 11 is 0. The number of phenolic OH excluding ortho intramolecular Hbond substituents is 1. The molecule has 1 saturated heterocycles. The van der Waals surface area contributed by atoms with E-state index in [0.29, 0.717) is 49.6 Å². The number of alkyl halides is 1. The summed E-state index contributed by atoms with van der Waals surface area (Å²) in [5.41, 5.74) is 3.44. The molecule has 0 bridgehead atoms. The molecule has 3 aliphatic rings. The topological polar surface area (TPSA) is 38.7 Å². The van der Waals surface area contributed by atoms with Crippen molar-refractivity contribution in [1.82, 2.24) is 4.90 Å². The minimum Gasteiger partial charge on any atom is -0.508 e. The van der Waals surface area contributed by atoms with Crippen LogP contribution >= 0.6 is 0 Å². The van der Waals surface area contributed by atoms with E-state index in [-0.39, 0.29) is 30.1 Å². The lowest BCUT2D eigenvalue weighted by atomic mass is 9.69. The van der Waals surface area contributed by atoms with Gasteiger partial charge < -0.3 is 15.3 Å². The number of nitrogens with one attached hydrogen (secondary N) is 1. The second kappa shape index (κ2) is 11.5. The lowest BCUT2D eigenvalue weighted by molar-refractivity contribution is 0.155. The van der Waals surface area contributed by atoms with Crippen LogP contribution in [0.5, 0.6) is 5.75 Å². The number of nitrogens with zero attached hydrogens (tertiary/aromatic N) is 2. The largest absolute Gasteiger partial charge is 0.508 e. The molecule has 0 spiro atoms. The van der Waals surface area contributed by atoms with Crippen LogP contribution in [0.15, 0.2) is 84.9 Å². The van der Waals surface area contributed by atoms with Crippen LogP contribution < -0.4 is 10.2 Å². The van der Waals surface area contributed by atoms with Crippen LogP contribution in [-0.4, -0.2) is 48.4 Å². The van der Waals surface area contributed by atoms with Crippen LogP contribution in [0.3, 0.4) is 0 Å². The van der Waals surface area contributed by atoms with Gasteiger partial charge in [0.2, 0.25) is 0 Å². The second-order valence-corrected chi connectivity index (χ2v) is 12.7. The van der Waals surface area contributed by atoms with Gasteiger partial charge in [0.05, 0.1) is 18.3 Å². The number of hydrogen-bond donors (Lipinski definition) is 2. The number of hydrogen-bond acceptors (Lipinski definition) is 4. The van der Waals surface area contributed by atoms with E-state index in [2.05, 4.69) is 46.3 Å². The minimum atomic E-state index is -1.40. The number of anilines is 2. The van der Waals surface area contributed by atoms with E-state index >= 15 is 8.78 Å². The molecule has 4 aromatic carbocycles. The molecule has 228 valence electrons. The fourth-order valence-electron chi connectivity index (χ4n) is 7.48. The number of rotatable bonds is 9. The Morgan fingerprint density at radius 3 is 2.32 bits per heavy atom. The van der Waals surface area contributed by atoms with Crippen LogP contribution in [0.2, 0.25) is 0 Å². The maximum atomic E-state index is 16.8. The monoisotopic (exact) mass is 597 g/mol. The summed E-state index contributed by atoms with van der Waals surface area (Å²) in [4.78, 5) is 4.27. The van der Waals surface area contributed by atoms with Crippen LogP contribution in [0, 0.1) is 11.6 Å². The van der Waals surface area contributed by atoms with Gasteiger partial charge in [0.25, 0.3) is 0 Å². The number of aromatic hydroxyl groups is 1. The highest BCUT2D eigenvalue weighted by atomic mass is 19.1. The van der Waals surface area contributed by atoms with Crippen molar-refractivity contribution in [3.8, 4) is 5.75 Å². The number of phenols is 1. The van der Waals surface area contributed by atoms with Gasteiger partial charge in [-0.25, -0.2) is 8.78 Å². The smallest absolute Gasteiger partial charge is 0.134 e. The molecule has 2 heterocycles. The lowest BCUT2D eigenvalue weighted by Crippen LogP contribution is -2.57. The predicted molar refractivity (Wildman–Crippen MR) is 169 cm³/mol. The van der Waals surface area contributed by atoms with Crippen LogP contribution in [0.1, 0.15) is 59.9 Å². The molecule has 7 rings (SSSR count). The molecule has 0 radical (unpaired) electrons. The quantitative estimate of drug-likeness (QED) is 0.207. The van der Waals surface area contributed by atoms with Crippen LogP contribution in [0.25, 0.3) is 0 Å². The van der Waals surface area contributed by atoms with Crippen molar-refractivity contribution in [2.45, 2.75) is 56.1 Å². The summed E-state index contributed by atoms with van der Waals surface area (Å²) in [6, 6.07) is 25.8. The van der Waals surface area contributed by atoms with Crippen molar-refractivity contribution < 1.29 is 18.3 Å². The summed E-state index contributed by atoms with van der Waals surface area (Å²) in [5, 5.41) is 14.0. The first-order valence-electron chi connectivity index (χ1n) is 15.7. The highest BCUT2D eigenvalue weighted by molar-refractivity contribution is 5.69. The van der Waals surface area contributed by atoms with E-state index in [1.54, 1.807) is 18.2 Å². The Balaban J connectivity index is 1.39. The van der Waals surface area contributed by atoms with Gasteiger partial charge in [0.1, 0.15) is 22.9 Å². The molecule has 1 saturated carbocycles. The van der Waals surface area contributed by atoms with Gasteiger partial charge in [0, 0.05) is 37.1 Å². The van der Waals surface area contributed by atoms with Crippen molar-refractivity contribution in [1.29, 1.82) is 0 Å². The fourth-order valence-corrected chi connectivity index (χ4v) is 7.48. The summed E-state index contributed by atoms with van der Waals surface area (Å²) in [6.45, 7) is 3.83. The molecule has 1 aliphatic carbocycles. The van der Waals surface area contributed by atoms with Gasteiger partial charge in [-0.05, 0) is 97.2 Å². The van der Waals surface area contributed by atoms with Crippen molar-refractivity contribution in [2.24, 2.45) is 0 Å². The Kier molecular flexibility index (Phi) is 7.53. The van der Waals surface area contributed by atoms with Gasteiger partial charge in [-0.3, -0.25) is 9.29 Å². The standard InChI is InChI=1S/C37H38F3N3O/c1-24-18-27-6-2-3-9-33(27)37(28-7-4-8-32(44)19-28,43(24)31-14-12-26(13-15-31)25-10-11-25)36-34(39)20-29(21-35(36)40)41-30-22-42(23-30)17-5-16-38/h2-4,6-9,12-15,19-21,24-25,30,41,44H,5,10-11,16-18,22-23H2,1H3/t24-,37+/m1/s1. The van der Waals surface area contributed by atoms with E-state index in [0.717, 1.165) is 16.8 Å². The molecule has 2 N–H and O–H groups in total. The second-order valence-electron chi connectivity index (χ2n) is 12.7. The van der Waals surface area contributed by atoms with E-state index < -0.39 is 17.2 Å². The third-order valence-corrected chi connectivity index (χ3v) is 9.55. The Morgan fingerprint density at radius 1 is 0.909 bits per heavy atom. The normalized spacial score (nSPS) is 22.0. The highest BCUT2D eigenvalue weighted by Gasteiger charge is 2.51. The Labute approximate surface area is 257 Å². The maximum absolute atomic E-state index is 16.8. The molecule has 7 heteroatoms. The zero-order valence-corrected chi connectivity index (χ0v) is 24.9. The fraction of sp³-hybridized carbons (Fsp3) is 0.351. The Morgan fingerprint density at radius 2 is 1.64 bits per heavy atom. The maximum Gasteiger partial charge on any atom is 0.134 e. The van der Waals surface area contributed by atoms with Crippen LogP contribution in [0.4, 0.5) is 24.5 Å². The number of fused-ring (bicyclic) bond motifs is 1. The Bertz CT molecular complexity index is 1630. The molecule has 0 aromatic heterocycles. The molecule has 44 heavy (non-hydrogen) atoms. The molecule has 0 amide bonds. The first-order valence-corrected chi connectivity index (χ1v) is 15.7. The van der Waals surface area contributed by atoms with Gasteiger partial charge in [0.15, 0.2) is 0 Å². The van der Waals surface area contributed by atoms with Crippen LogP contribution in [-0.2, 0) is 12.0 Å². The van der Waals surface area contributed by atoms with E-state index in [1.807, 2.05) is 30.3 Å². The summed E-state index contributed by atoms with van der Waals surface area (Å²) in [7, 11) is 0. The molecule has 4 nitrogen and oxygen atoms in total. The van der Waals surface area contributed by atoms with E-state index in [1.165, 1.54) is 30.5 Å². The van der Waals surface area contributed by atoms with Crippen molar-refractivity contribution in [3.63, 3.8) is 0 Å².